The van der Waals surface area contributed by atoms with Crippen LogP contribution < -0.4 is 10.1 Å². The maximum atomic E-state index is 12.7. The molecule has 2 aromatic rings. The molecule has 0 saturated heterocycles. The number of carbonyl (C=O) groups excluding carboxylic acids is 2. The van der Waals surface area contributed by atoms with Gasteiger partial charge in [0, 0.05) is 24.1 Å². The average molecular weight is 359 g/mol. The van der Waals surface area contributed by atoms with Gasteiger partial charge in [-0.05, 0) is 25.0 Å². The van der Waals surface area contributed by atoms with Crippen molar-refractivity contribution >= 4 is 11.7 Å². The van der Waals surface area contributed by atoms with E-state index in [0.29, 0.717) is 5.89 Å². The van der Waals surface area contributed by atoms with E-state index in [2.05, 4.69) is 15.5 Å². The Morgan fingerprint density at radius 1 is 1.27 bits per heavy atom. The summed E-state index contributed by atoms with van der Waals surface area (Å²) in [7, 11) is 1.39. The number of aryl methyl sites for hydroxylation is 1. The molecule has 0 atom stereocenters. The van der Waals surface area contributed by atoms with E-state index in [1.807, 2.05) is 0 Å². The smallest absolute Gasteiger partial charge is 0.292 e. The predicted molar refractivity (Wildman–Crippen MR) is 92.0 cm³/mol. The number of hydrogen-bond acceptors (Lipinski definition) is 7. The molecular formula is C18H21N3O5. The summed E-state index contributed by atoms with van der Waals surface area (Å²) in [5, 5.41) is 16.6. The number of phenols is 1. The molecule has 1 heterocycles. The van der Waals surface area contributed by atoms with Crippen molar-refractivity contribution in [2.24, 2.45) is 0 Å². The zero-order chi connectivity index (χ0) is 18.7. The second-order valence-electron chi connectivity index (χ2n) is 6.34. The summed E-state index contributed by atoms with van der Waals surface area (Å²) in [5.41, 5.74) is 0.262. The first-order chi connectivity index (χ1) is 12.5. The molecule has 0 unspecified atom stereocenters. The van der Waals surface area contributed by atoms with Crippen molar-refractivity contribution in [1.29, 1.82) is 0 Å². The molecular weight excluding hydrogens is 338 g/mol. The van der Waals surface area contributed by atoms with Gasteiger partial charge in [-0.3, -0.25) is 9.59 Å². The summed E-state index contributed by atoms with van der Waals surface area (Å²) < 4.78 is 10.0. The molecule has 1 amide bonds. The molecule has 3 rings (SSSR count). The lowest BCUT2D eigenvalue weighted by Gasteiger charge is -2.22. The molecule has 0 radical (unpaired) electrons. The van der Waals surface area contributed by atoms with Crippen LogP contribution in [0, 0.1) is 6.92 Å². The van der Waals surface area contributed by atoms with Gasteiger partial charge >= 0.3 is 0 Å². The lowest BCUT2D eigenvalue weighted by Crippen LogP contribution is -2.40. The molecule has 26 heavy (non-hydrogen) atoms. The number of hydrogen-bond donors (Lipinski definition) is 2. The lowest BCUT2D eigenvalue weighted by molar-refractivity contribution is -0.117. The minimum absolute atomic E-state index is 0.00240. The second-order valence-corrected chi connectivity index (χ2v) is 6.34. The Labute approximate surface area is 150 Å². The van der Waals surface area contributed by atoms with Gasteiger partial charge in [0.1, 0.15) is 0 Å². The summed E-state index contributed by atoms with van der Waals surface area (Å²) in [5.74, 6) is -1.10. The molecule has 1 saturated carbocycles. The van der Waals surface area contributed by atoms with E-state index in [1.54, 1.807) is 6.92 Å². The first-order valence-corrected chi connectivity index (χ1v) is 8.56. The summed E-state index contributed by atoms with van der Waals surface area (Å²) in [6.45, 7) is 1.62. The van der Waals surface area contributed by atoms with Crippen LogP contribution in [0.25, 0.3) is 11.4 Å². The van der Waals surface area contributed by atoms with Crippen molar-refractivity contribution in [1.82, 2.24) is 15.5 Å². The van der Waals surface area contributed by atoms with E-state index in [-0.39, 0.29) is 34.5 Å². The maximum absolute atomic E-state index is 12.7. The van der Waals surface area contributed by atoms with Crippen LogP contribution in [0.1, 0.15) is 48.4 Å². The molecule has 1 aromatic heterocycles. The lowest BCUT2D eigenvalue weighted by atomic mass is 9.95. The van der Waals surface area contributed by atoms with Crippen LogP contribution in [0.15, 0.2) is 16.7 Å². The average Bonchev–Trinajstić information content (AvgIpc) is 3.07. The Balaban J connectivity index is 1.93. The number of benzene rings is 1. The first-order valence-electron chi connectivity index (χ1n) is 8.56. The van der Waals surface area contributed by atoms with E-state index in [9.17, 15) is 14.7 Å². The Morgan fingerprint density at radius 3 is 2.62 bits per heavy atom. The van der Waals surface area contributed by atoms with Gasteiger partial charge in [0.05, 0.1) is 7.11 Å². The maximum Gasteiger partial charge on any atom is 0.292 e. The van der Waals surface area contributed by atoms with Gasteiger partial charge < -0.3 is 19.7 Å². The fraction of sp³-hybridized carbons (Fsp3) is 0.444. The van der Waals surface area contributed by atoms with Gasteiger partial charge in [-0.25, -0.2) is 0 Å². The molecule has 2 N–H and O–H groups in total. The Kier molecular flexibility index (Phi) is 5.20. The number of carbonyl (C=O) groups is 2. The van der Waals surface area contributed by atoms with Crippen molar-refractivity contribution < 1.29 is 24.0 Å². The third kappa shape index (κ3) is 3.68. The normalized spacial score (nSPS) is 14.8. The van der Waals surface area contributed by atoms with Crippen LogP contribution in [-0.2, 0) is 4.79 Å². The number of aromatic nitrogens is 2. The number of Topliss-reactive ketones (excluding diaryl/α,β-unsaturated/α-hetero) is 1. The standard InChI is InChI=1S/C18H21N3O5/c1-10-19-17(21-26-10)13-9-15(25-2)14(22)8-12(13)16(23)18(24)20-11-6-4-3-5-7-11/h8-9,11,22H,3-7H2,1-2H3,(H,20,24). The molecule has 8 nitrogen and oxygen atoms in total. The topological polar surface area (TPSA) is 115 Å². The highest BCUT2D eigenvalue weighted by molar-refractivity contribution is 6.44. The first kappa shape index (κ1) is 17.9. The zero-order valence-electron chi connectivity index (χ0n) is 14.7. The number of aromatic hydroxyl groups is 1. The van der Waals surface area contributed by atoms with Crippen LogP contribution >= 0.6 is 0 Å². The highest BCUT2D eigenvalue weighted by atomic mass is 16.5. The highest BCUT2D eigenvalue weighted by Crippen LogP contribution is 2.34. The number of ether oxygens (including phenoxy) is 1. The number of nitrogens with zero attached hydrogens (tertiary/aromatic N) is 2. The quantitative estimate of drug-likeness (QED) is 0.622. The molecule has 1 fully saturated rings. The highest BCUT2D eigenvalue weighted by Gasteiger charge is 2.27. The van der Waals surface area contributed by atoms with Gasteiger partial charge in [-0.15, -0.1) is 0 Å². The van der Waals surface area contributed by atoms with Crippen molar-refractivity contribution in [3.05, 3.63) is 23.6 Å². The molecule has 138 valence electrons. The summed E-state index contributed by atoms with van der Waals surface area (Å²) in [6.07, 6.45) is 4.95. The monoisotopic (exact) mass is 359 g/mol. The number of ketones is 1. The number of rotatable bonds is 5. The number of phenolic OH excluding ortho intramolecular Hbond substituents is 1. The summed E-state index contributed by atoms with van der Waals surface area (Å²) in [4.78, 5) is 29.3. The Hall–Kier alpha value is -2.90. The molecule has 8 heteroatoms. The fourth-order valence-corrected chi connectivity index (χ4v) is 3.13. The van der Waals surface area contributed by atoms with E-state index in [1.165, 1.54) is 19.2 Å². The van der Waals surface area contributed by atoms with Gasteiger partial charge in [-0.2, -0.15) is 4.98 Å². The van der Waals surface area contributed by atoms with E-state index >= 15 is 0 Å². The molecule has 1 aliphatic rings. The number of amides is 1. The fourth-order valence-electron chi connectivity index (χ4n) is 3.13. The SMILES string of the molecule is COc1cc(-c2noc(C)n2)c(C(=O)C(=O)NC2CCCCC2)cc1O. The molecule has 1 aliphatic carbocycles. The minimum atomic E-state index is -0.758. The van der Waals surface area contributed by atoms with Crippen molar-refractivity contribution in [3.8, 4) is 22.9 Å². The Morgan fingerprint density at radius 2 is 2.00 bits per heavy atom. The van der Waals surface area contributed by atoms with Crippen LogP contribution in [0.3, 0.4) is 0 Å². The number of methoxy groups -OCH3 is 1. The minimum Gasteiger partial charge on any atom is -0.504 e. The summed E-state index contributed by atoms with van der Waals surface area (Å²) in [6, 6.07) is 2.62. The predicted octanol–water partition coefficient (Wildman–Crippen LogP) is 2.39. The van der Waals surface area contributed by atoms with Gasteiger partial charge in [-0.1, -0.05) is 24.4 Å². The van der Waals surface area contributed by atoms with Gasteiger partial charge in [0.2, 0.25) is 11.7 Å². The molecule has 0 bridgehead atoms. The van der Waals surface area contributed by atoms with Crippen molar-refractivity contribution in [2.45, 2.75) is 45.1 Å². The van der Waals surface area contributed by atoms with Crippen LogP contribution in [0.5, 0.6) is 11.5 Å². The molecule has 0 aliphatic heterocycles. The molecule has 1 aromatic carbocycles. The van der Waals surface area contributed by atoms with Gasteiger partial charge in [0.15, 0.2) is 11.5 Å². The Bertz CT molecular complexity index is 824. The van der Waals surface area contributed by atoms with Crippen LogP contribution in [0.2, 0.25) is 0 Å². The van der Waals surface area contributed by atoms with Crippen molar-refractivity contribution in [3.63, 3.8) is 0 Å². The van der Waals surface area contributed by atoms with Crippen LogP contribution in [-0.4, -0.2) is 40.1 Å². The van der Waals surface area contributed by atoms with Crippen LogP contribution in [0.4, 0.5) is 0 Å². The van der Waals surface area contributed by atoms with Gasteiger partial charge in [0.25, 0.3) is 11.7 Å². The number of nitrogens with one attached hydrogen (secondary N) is 1. The van der Waals surface area contributed by atoms with E-state index < -0.39 is 11.7 Å². The largest absolute Gasteiger partial charge is 0.504 e. The molecule has 0 spiro atoms. The third-order valence-corrected chi connectivity index (χ3v) is 4.48. The zero-order valence-corrected chi connectivity index (χ0v) is 14.7. The van der Waals surface area contributed by atoms with Crippen molar-refractivity contribution in [2.75, 3.05) is 7.11 Å². The third-order valence-electron chi connectivity index (χ3n) is 4.48. The van der Waals surface area contributed by atoms with E-state index in [0.717, 1.165) is 32.1 Å². The van der Waals surface area contributed by atoms with E-state index in [4.69, 9.17) is 9.26 Å². The second kappa shape index (κ2) is 7.55. The summed E-state index contributed by atoms with van der Waals surface area (Å²) >= 11 is 0.